The van der Waals surface area contributed by atoms with Gasteiger partial charge in [-0.05, 0) is 81.9 Å². The van der Waals surface area contributed by atoms with Crippen molar-refractivity contribution in [3.05, 3.63) is 65.5 Å². The first-order valence-electron chi connectivity index (χ1n) is 11.5. The molecule has 1 aromatic heterocycles. The zero-order chi connectivity index (χ0) is 24.2. The van der Waals surface area contributed by atoms with E-state index in [0.717, 1.165) is 48.2 Å². The number of amides is 1. The minimum atomic E-state index is -0.447. The van der Waals surface area contributed by atoms with E-state index < -0.39 is 5.82 Å². The molecule has 1 N–H and O–H groups in total. The van der Waals surface area contributed by atoms with Crippen molar-refractivity contribution in [3.8, 4) is 5.75 Å². The molecule has 178 valence electrons. The summed E-state index contributed by atoms with van der Waals surface area (Å²) in [6.07, 6.45) is 5.03. The second-order valence-electron chi connectivity index (χ2n) is 8.92. The molecule has 2 aromatic carbocycles. The summed E-state index contributed by atoms with van der Waals surface area (Å²) in [6.45, 7) is 4.06. The summed E-state index contributed by atoms with van der Waals surface area (Å²) in [4.78, 5) is 21.9. The molecule has 4 rings (SSSR count). The fourth-order valence-corrected chi connectivity index (χ4v) is 4.35. The monoisotopic (exact) mass is 462 g/mol. The Bertz CT molecular complexity index is 1220. The number of nitrogens with one attached hydrogen (secondary N) is 1. The number of benzene rings is 2. The maximum Gasteiger partial charge on any atom is 0.248 e. The fraction of sp³-hybridized carbons (Fsp3) is 0.333. The van der Waals surface area contributed by atoms with Crippen LogP contribution in [0.15, 0.2) is 48.5 Å². The van der Waals surface area contributed by atoms with Gasteiger partial charge in [-0.1, -0.05) is 0 Å². The number of fused-ring (bicyclic) bond motifs is 1. The van der Waals surface area contributed by atoms with E-state index in [1.165, 1.54) is 25.3 Å². The van der Waals surface area contributed by atoms with Crippen LogP contribution in [0.2, 0.25) is 0 Å². The van der Waals surface area contributed by atoms with Gasteiger partial charge in [-0.3, -0.25) is 4.79 Å². The topological polar surface area (TPSA) is 57.7 Å². The van der Waals surface area contributed by atoms with Gasteiger partial charge in [-0.15, -0.1) is 0 Å². The van der Waals surface area contributed by atoms with Crippen LogP contribution in [0.3, 0.4) is 0 Å². The number of aromatic nitrogens is 1. The Morgan fingerprint density at radius 3 is 2.62 bits per heavy atom. The quantitative estimate of drug-likeness (QED) is 0.530. The number of nitrogens with zero attached hydrogens (tertiary/aromatic N) is 3. The molecule has 1 amide bonds. The molecule has 7 heteroatoms. The summed E-state index contributed by atoms with van der Waals surface area (Å²) in [5.74, 6) is 0.655. The van der Waals surface area contributed by atoms with Crippen LogP contribution in [-0.2, 0) is 4.79 Å². The van der Waals surface area contributed by atoms with Crippen LogP contribution < -0.4 is 15.0 Å². The van der Waals surface area contributed by atoms with Crippen molar-refractivity contribution in [2.45, 2.75) is 25.8 Å². The van der Waals surface area contributed by atoms with Gasteiger partial charge in [0, 0.05) is 47.9 Å². The van der Waals surface area contributed by atoms with Crippen molar-refractivity contribution in [2.24, 2.45) is 0 Å². The van der Waals surface area contributed by atoms with E-state index in [0.29, 0.717) is 23.0 Å². The lowest BCUT2D eigenvalue weighted by molar-refractivity contribution is -0.111. The summed E-state index contributed by atoms with van der Waals surface area (Å²) in [5, 5.41) is 3.85. The first-order valence-corrected chi connectivity index (χ1v) is 11.5. The van der Waals surface area contributed by atoms with E-state index in [-0.39, 0.29) is 5.91 Å². The normalized spacial score (nSPS) is 14.8. The number of halogens is 1. The molecule has 0 spiro atoms. The van der Waals surface area contributed by atoms with Gasteiger partial charge in [0.05, 0.1) is 12.6 Å². The molecule has 34 heavy (non-hydrogen) atoms. The smallest absolute Gasteiger partial charge is 0.248 e. The van der Waals surface area contributed by atoms with E-state index in [9.17, 15) is 9.18 Å². The number of pyridine rings is 1. The molecule has 2 heterocycles. The van der Waals surface area contributed by atoms with Gasteiger partial charge in [0.2, 0.25) is 5.91 Å². The highest BCUT2D eigenvalue weighted by Crippen LogP contribution is 2.27. The minimum Gasteiger partial charge on any atom is -0.497 e. The lowest BCUT2D eigenvalue weighted by atomic mass is 10.0. The van der Waals surface area contributed by atoms with Gasteiger partial charge >= 0.3 is 0 Å². The van der Waals surface area contributed by atoms with E-state index in [1.54, 1.807) is 12.1 Å². The molecule has 0 aliphatic carbocycles. The molecular weight excluding hydrogens is 431 g/mol. The molecule has 0 saturated carbocycles. The highest BCUT2D eigenvalue weighted by Gasteiger charge is 2.22. The van der Waals surface area contributed by atoms with Gasteiger partial charge < -0.3 is 19.9 Å². The molecule has 1 aliphatic rings. The second-order valence-corrected chi connectivity index (χ2v) is 8.92. The molecule has 0 atom stereocenters. The molecule has 1 saturated heterocycles. The number of methoxy groups -OCH3 is 1. The van der Waals surface area contributed by atoms with Gasteiger partial charge in [0.25, 0.3) is 0 Å². The van der Waals surface area contributed by atoms with E-state index in [1.807, 2.05) is 18.2 Å². The zero-order valence-electron chi connectivity index (χ0n) is 20.1. The molecule has 3 aromatic rings. The second kappa shape index (κ2) is 10.2. The summed E-state index contributed by atoms with van der Waals surface area (Å²) in [7, 11) is 5.76. The first kappa shape index (κ1) is 23.7. The van der Waals surface area contributed by atoms with E-state index in [4.69, 9.17) is 9.72 Å². The molecule has 6 nitrogen and oxygen atoms in total. The van der Waals surface area contributed by atoms with Crippen LogP contribution in [0.1, 0.15) is 24.0 Å². The summed E-state index contributed by atoms with van der Waals surface area (Å²) in [6, 6.07) is 13.0. The Hall–Kier alpha value is -3.45. The summed E-state index contributed by atoms with van der Waals surface area (Å²) >= 11 is 0. The third-order valence-corrected chi connectivity index (χ3v) is 6.41. The van der Waals surface area contributed by atoms with Crippen LogP contribution in [0.4, 0.5) is 15.9 Å². The standard InChI is InChI=1S/C27H31FN4O2/c1-18-15-26(32-13-11-21(12-14-32)31(2)3)30-25-9-7-20(16-23(18)25)29-27(33)10-6-19-5-8-22(34-4)17-24(19)28/h5-10,15-17,21H,11-14H2,1-4H3,(H,29,33). The van der Waals surface area contributed by atoms with Crippen molar-refractivity contribution in [1.29, 1.82) is 0 Å². The number of rotatable bonds is 6. The van der Waals surface area contributed by atoms with Gasteiger partial charge in [0.1, 0.15) is 17.4 Å². The maximum absolute atomic E-state index is 14.1. The lowest BCUT2D eigenvalue weighted by Gasteiger charge is -2.36. The predicted octanol–water partition coefficient (Wildman–Crippen LogP) is 4.87. The number of carbonyl (C=O) groups is 1. The largest absolute Gasteiger partial charge is 0.497 e. The predicted molar refractivity (Wildman–Crippen MR) is 136 cm³/mol. The fourth-order valence-electron chi connectivity index (χ4n) is 4.35. The van der Waals surface area contributed by atoms with Crippen LogP contribution in [0.25, 0.3) is 17.0 Å². The van der Waals surface area contributed by atoms with Gasteiger partial charge in [0.15, 0.2) is 0 Å². The maximum atomic E-state index is 14.1. The first-order chi connectivity index (χ1) is 16.3. The Balaban J connectivity index is 1.46. The van der Waals surface area contributed by atoms with Crippen LogP contribution >= 0.6 is 0 Å². The highest BCUT2D eigenvalue weighted by molar-refractivity contribution is 6.03. The molecule has 1 fully saturated rings. The number of piperidine rings is 1. The number of carbonyl (C=O) groups excluding carboxylic acids is 1. The van der Waals surface area contributed by atoms with Crippen LogP contribution in [0.5, 0.6) is 5.75 Å². The van der Waals surface area contributed by atoms with Crippen LogP contribution in [0, 0.1) is 12.7 Å². The van der Waals surface area contributed by atoms with Gasteiger partial charge in [-0.2, -0.15) is 0 Å². The summed E-state index contributed by atoms with van der Waals surface area (Å²) in [5.41, 5.74) is 3.00. The van der Waals surface area contributed by atoms with E-state index in [2.05, 4.69) is 42.2 Å². The lowest BCUT2D eigenvalue weighted by Crippen LogP contribution is -2.42. The molecule has 0 bridgehead atoms. The van der Waals surface area contributed by atoms with Crippen molar-refractivity contribution in [2.75, 3.05) is 44.5 Å². The number of hydrogen-bond donors (Lipinski definition) is 1. The molecular formula is C27H31FN4O2. The minimum absolute atomic E-state index is 0.316. The summed E-state index contributed by atoms with van der Waals surface area (Å²) < 4.78 is 19.1. The van der Waals surface area contributed by atoms with Gasteiger partial charge in [-0.25, -0.2) is 9.37 Å². The molecule has 0 unspecified atom stereocenters. The Morgan fingerprint density at radius 2 is 1.94 bits per heavy atom. The van der Waals surface area contributed by atoms with E-state index >= 15 is 0 Å². The Kier molecular flexibility index (Phi) is 7.12. The molecule has 0 radical (unpaired) electrons. The van der Waals surface area contributed by atoms with Crippen molar-refractivity contribution < 1.29 is 13.9 Å². The Labute approximate surface area is 200 Å². The number of hydrogen-bond acceptors (Lipinski definition) is 5. The zero-order valence-corrected chi connectivity index (χ0v) is 20.1. The average molecular weight is 463 g/mol. The van der Waals surface area contributed by atoms with Crippen LogP contribution in [-0.4, -0.2) is 56.1 Å². The number of aryl methyl sites for hydroxylation is 1. The SMILES string of the molecule is COc1ccc(C=CC(=O)Nc2ccc3nc(N4CCC(N(C)C)CC4)cc(C)c3c2)c(F)c1. The van der Waals surface area contributed by atoms with Crippen molar-refractivity contribution in [1.82, 2.24) is 9.88 Å². The number of ether oxygens (including phenoxy) is 1. The number of anilines is 2. The third-order valence-electron chi connectivity index (χ3n) is 6.41. The molecule has 1 aliphatic heterocycles. The third kappa shape index (κ3) is 5.37. The Morgan fingerprint density at radius 1 is 1.18 bits per heavy atom. The van der Waals surface area contributed by atoms with Crippen molar-refractivity contribution in [3.63, 3.8) is 0 Å². The average Bonchev–Trinajstić information content (AvgIpc) is 2.83. The van der Waals surface area contributed by atoms with Crippen molar-refractivity contribution >= 4 is 34.4 Å². The highest BCUT2D eigenvalue weighted by atomic mass is 19.1.